The van der Waals surface area contributed by atoms with Crippen molar-refractivity contribution in [3.8, 4) is 0 Å². The molecule has 0 saturated carbocycles. The highest BCUT2D eigenvalue weighted by Gasteiger charge is 2.12. The largest absolute Gasteiger partial charge is 0.396 e. The van der Waals surface area contributed by atoms with Crippen LogP contribution in [0, 0.1) is 0 Å². The fourth-order valence-corrected chi connectivity index (χ4v) is 2.09. The van der Waals surface area contributed by atoms with Crippen LogP contribution < -0.4 is 0 Å². The first-order valence-electron chi connectivity index (χ1n) is 5.47. The van der Waals surface area contributed by atoms with Gasteiger partial charge >= 0.3 is 0 Å². The van der Waals surface area contributed by atoms with E-state index in [1.807, 2.05) is 0 Å². The van der Waals surface area contributed by atoms with Crippen molar-refractivity contribution in [1.82, 2.24) is 4.57 Å². The van der Waals surface area contributed by atoms with Gasteiger partial charge in [-0.05, 0) is 24.4 Å². The summed E-state index contributed by atoms with van der Waals surface area (Å²) in [6.07, 6.45) is 0. The second-order valence-electron chi connectivity index (χ2n) is 3.96. The van der Waals surface area contributed by atoms with E-state index < -0.39 is 0 Å². The lowest BCUT2D eigenvalue weighted by atomic mass is 10.1. The molecule has 2 rings (SSSR count). The first kappa shape index (κ1) is 10.2. The normalized spacial score (nSPS) is 13.3. The summed E-state index contributed by atoms with van der Waals surface area (Å²) < 4.78 is 2.27. The third-order valence-electron chi connectivity index (χ3n) is 2.94. The number of benzene rings is 1. The molecule has 1 unspecified atom stereocenters. The van der Waals surface area contributed by atoms with Gasteiger partial charge in [0, 0.05) is 23.7 Å². The number of rotatable bonds is 3. The van der Waals surface area contributed by atoms with Gasteiger partial charge in [-0.1, -0.05) is 25.1 Å². The van der Waals surface area contributed by atoms with E-state index in [9.17, 15) is 5.11 Å². The van der Waals surface area contributed by atoms with Crippen LogP contribution >= 0.6 is 0 Å². The van der Waals surface area contributed by atoms with Gasteiger partial charge in [0.05, 0.1) is 6.61 Å². The number of fused-ring (bicyclic) bond motifs is 1. The Bertz CT molecular complexity index is 459. The van der Waals surface area contributed by atoms with Crippen molar-refractivity contribution in [1.29, 1.82) is 0 Å². The molecule has 1 atom stereocenters. The Morgan fingerprint density at radius 2 is 2.07 bits per heavy atom. The molecule has 0 aliphatic heterocycles. The maximum absolute atomic E-state index is 9.22. The Balaban J connectivity index is 2.63. The first-order valence-corrected chi connectivity index (χ1v) is 5.47. The number of aliphatic hydroxyl groups is 1. The molecule has 0 radical (unpaired) electrons. The highest BCUT2D eigenvalue weighted by atomic mass is 16.3. The summed E-state index contributed by atoms with van der Waals surface area (Å²) in [6.45, 7) is 5.35. The summed E-state index contributed by atoms with van der Waals surface area (Å²) >= 11 is 0. The molecule has 2 nitrogen and oxygen atoms in total. The Morgan fingerprint density at radius 3 is 2.73 bits per heavy atom. The summed E-state index contributed by atoms with van der Waals surface area (Å²) in [5.41, 5.74) is 2.48. The van der Waals surface area contributed by atoms with Crippen molar-refractivity contribution in [2.75, 3.05) is 6.61 Å². The SMILES string of the molecule is CCn1c(C(C)CO)cc2ccccc21. The Hall–Kier alpha value is -1.28. The molecular formula is C13H17NO. The molecule has 1 N–H and O–H groups in total. The minimum absolute atomic E-state index is 0.205. The quantitative estimate of drug-likeness (QED) is 0.815. The third kappa shape index (κ3) is 1.65. The van der Waals surface area contributed by atoms with Crippen molar-refractivity contribution in [2.24, 2.45) is 0 Å². The fraction of sp³-hybridized carbons (Fsp3) is 0.385. The monoisotopic (exact) mass is 203 g/mol. The van der Waals surface area contributed by atoms with Gasteiger partial charge in [0.15, 0.2) is 0 Å². The summed E-state index contributed by atoms with van der Waals surface area (Å²) in [6, 6.07) is 10.5. The summed E-state index contributed by atoms with van der Waals surface area (Å²) in [7, 11) is 0. The maximum Gasteiger partial charge on any atom is 0.0511 e. The Labute approximate surface area is 90.2 Å². The van der Waals surface area contributed by atoms with Crippen LogP contribution in [0.3, 0.4) is 0 Å². The molecule has 1 heterocycles. The number of hydrogen-bond donors (Lipinski definition) is 1. The lowest BCUT2D eigenvalue weighted by Gasteiger charge is -2.12. The number of aromatic nitrogens is 1. The molecule has 0 bridgehead atoms. The number of nitrogens with zero attached hydrogens (tertiary/aromatic N) is 1. The second kappa shape index (κ2) is 4.07. The molecule has 0 aliphatic carbocycles. The van der Waals surface area contributed by atoms with Crippen LogP contribution in [-0.4, -0.2) is 16.3 Å². The van der Waals surface area contributed by atoms with Crippen LogP contribution in [0.5, 0.6) is 0 Å². The molecule has 15 heavy (non-hydrogen) atoms. The van der Waals surface area contributed by atoms with Crippen molar-refractivity contribution >= 4 is 10.9 Å². The molecule has 80 valence electrons. The summed E-state index contributed by atoms with van der Waals surface area (Å²) in [5, 5.41) is 10.5. The lowest BCUT2D eigenvalue weighted by molar-refractivity contribution is 0.269. The van der Waals surface area contributed by atoms with Gasteiger partial charge in [0.25, 0.3) is 0 Å². The van der Waals surface area contributed by atoms with E-state index in [-0.39, 0.29) is 12.5 Å². The minimum Gasteiger partial charge on any atom is -0.396 e. The minimum atomic E-state index is 0.205. The molecule has 0 spiro atoms. The smallest absolute Gasteiger partial charge is 0.0511 e. The topological polar surface area (TPSA) is 25.2 Å². The van der Waals surface area contributed by atoms with Crippen molar-refractivity contribution in [2.45, 2.75) is 26.3 Å². The average Bonchev–Trinajstić information content (AvgIpc) is 2.66. The van der Waals surface area contributed by atoms with Crippen LogP contribution in [0.15, 0.2) is 30.3 Å². The number of hydrogen-bond acceptors (Lipinski definition) is 1. The van der Waals surface area contributed by atoms with Gasteiger partial charge in [0.1, 0.15) is 0 Å². The first-order chi connectivity index (χ1) is 7.27. The highest BCUT2D eigenvalue weighted by Crippen LogP contribution is 2.25. The number of aryl methyl sites for hydroxylation is 1. The van der Waals surface area contributed by atoms with E-state index >= 15 is 0 Å². The summed E-state index contributed by atoms with van der Waals surface area (Å²) in [5.74, 6) is 0.206. The molecule has 1 aromatic carbocycles. The third-order valence-corrected chi connectivity index (χ3v) is 2.94. The highest BCUT2D eigenvalue weighted by molar-refractivity contribution is 5.81. The second-order valence-corrected chi connectivity index (χ2v) is 3.96. The van der Waals surface area contributed by atoms with Crippen LogP contribution in [-0.2, 0) is 6.54 Å². The zero-order valence-electron chi connectivity index (χ0n) is 9.27. The van der Waals surface area contributed by atoms with Crippen LogP contribution in [0.4, 0.5) is 0 Å². The van der Waals surface area contributed by atoms with Gasteiger partial charge in [-0.15, -0.1) is 0 Å². The molecule has 0 amide bonds. The fourth-order valence-electron chi connectivity index (χ4n) is 2.09. The Morgan fingerprint density at radius 1 is 1.33 bits per heavy atom. The zero-order chi connectivity index (χ0) is 10.8. The number of aliphatic hydroxyl groups excluding tert-OH is 1. The van der Waals surface area contributed by atoms with Gasteiger partial charge in [-0.25, -0.2) is 0 Å². The van der Waals surface area contributed by atoms with Crippen LogP contribution in [0.2, 0.25) is 0 Å². The molecule has 1 aromatic heterocycles. The van der Waals surface area contributed by atoms with E-state index in [1.165, 1.54) is 16.6 Å². The van der Waals surface area contributed by atoms with Crippen molar-refractivity contribution in [3.63, 3.8) is 0 Å². The van der Waals surface area contributed by atoms with E-state index in [2.05, 4.69) is 48.7 Å². The van der Waals surface area contributed by atoms with Gasteiger partial charge in [-0.2, -0.15) is 0 Å². The maximum atomic E-state index is 9.22. The average molecular weight is 203 g/mol. The van der Waals surface area contributed by atoms with Crippen LogP contribution in [0.1, 0.15) is 25.5 Å². The van der Waals surface area contributed by atoms with Gasteiger partial charge in [-0.3, -0.25) is 0 Å². The molecule has 0 saturated heterocycles. The van der Waals surface area contributed by atoms with Crippen LogP contribution in [0.25, 0.3) is 10.9 Å². The van der Waals surface area contributed by atoms with E-state index in [0.717, 1.165) is 6.54 Å². The molecular weight excluding hydrogens is 186 g/mol. The molecule has 2 heteroatoms. The zero-order valence-corrected chi connectivity index (χ0v) is 9.27. The van der Waals surface area contributed by atoms with Gasteiger partial charge in [0.2, 0.25) is 0 Å². The predicted octanol–water partition coefficient (Wildman–Crippen LogP) is 2.76. The molecule has 2 aromatic rings. The standard InChI is InChI=1S/C13H17NO/c1-3-14-12-7-5-4-6-11(12)8-13(14)10(2)9-15/h4-8,10,15H,3,9H2,1-2H3. The number of para-hydroxylation sites is 1. The van der Waals surface area contributed by atoms with E-state index in [1.54, 1.807) is 0 Å². The lowest BCUT2D eigenvalue weighted by Crippen LogP contribution is -2.07. The van der Waals surface area contributed by atoms with Crippen molar-refractivity contribution < 1.29 is 5.11 Å². The van der Waals surface area contributed by atoms with E-state index in [4.69, 9.17) is 0 Å². The van der Waals surface area contributed by atoms with Crippen molar-refractivity contribution in [3.05, 3.63) is 36.0 Å². The Kier molecular flexibility index (Phi) is 2.78. The predicted molar refractivity (Wildman–Crippen MR) is 63.1 cm³/mol. The van der Waals surface area contributed by atoms with E-state index in [0.29, 0.717) is 0 Å². The molecule has 0 fully saturated rings. The summed E-state index contributed by atoms with van der Waals surface area (Å²) in [4.78, 5) is 0. The molecule has 0 aliphatic rings. The van der Waals surface area contributed by atoms with Gasteiger partial charge < -0.3 is 9.67 Å².